The zero-order valence-electron chi connectivity index (χ0n) is 16.8. The number of hydrogen-bond donors (Lipinski definition) is 1. The Bertz CT molecular complexity index is 1200. The summed E-state index contributed by atoms with van der Waals surface area (Å²) >= 11 is 6.00. The van der Waals surface area contributed by atoms with Gasteiger partial charge in [-0.15, -0.1) is 0 Å². The van der Waals surface area contributed by atoms with Gasteiger partial charge < -0.3 is 14.8 Å². The van der Waals surface area contributed by atoms with Gasteiger partial charge in [-0.3, -0.25) is 4.79 Å². The van der Waals surface area contributed by atoms with E-state index in [1.807, 2.05) is 25.1 Å². The van der Waals surface area contributed by atoms with Gasteiger partial charge in [-0.1, -0.05) is 17.7 Å². The van der Waals surface area contributed by atoms with Crippen molar-refractivity contribution < 1.29 is 4.39 Å². The first kappa shape index (κ1) is 19.2. The van der Waals surface area contributed by atoms with Crippen LogP contribution >= 0.6 is 11.6 Å². The highest BCUT2D eigenvalue weighted by molar-refractivity contribution is 6.30. The number of nitrogens with one attached hydrogen (secondary N) is 1. The first-order valence-electron chi connectivity index (χ1n) is 10.3. The maximum absolute atomic E-state index is 14.0. The quantitative estimate of drug-likeness (QED) is 0.627. The molecule has 6 heteroatoms. The fourth-order valence-electron chi connectivity index (χ4n) is 4.64. The predicted molar refractivity (Wildman–Crippen MR) is 120 cm³/mol. The molecule has 2 bridgehead atoms. The number of H-pyrrole nitrogens is 1. The van der Waals surface area contributed by atoms with E-state index < -0.39 is 5.82 Å². The molecular weight excluding hydrogens is 401 g/mol. The van der Waals surface area contributed by atoms with Crippen molar-refractivity contribution in [3.63, 3.8) is 0 Å². The molecule has 3 heterocycles. The molecule has 2 aliphatic heterocycles. The van der Waals surface area contributed by atoms with Crippen molar-refractivity contribution >= 4 is 28.1 Å². The topological polar surface area (TPSA) is 39.3 Å². The molecule has 30 heavy (non-hydrogen) atoms. The van der Waals surface area contributed by atoms with E-state index in [2.05, 4.69) is 33.1 Å². The molecule has 4 nitrogen and oxygen atoms in total. The van der Waals surface area contributed by atoms with Gasteiger partial charge in [0.1, 0.15) is 5.82 Å². The number of nitrogens with zero attached hydrogens (tertiary/aromatic N) is 2. The molecule has 2 aromatic carbocycles. The second-order valence-corrected chi connectivity index (χ2v) is 8.62. The zero-order chi connectivity index (χ0) is 20.8. The lowest BCUT2D eigenvalue weighted by molar-refractivity contribution is 0.304. The summed E-state index contributed by atoms with van der Waals surface area (Å²) in [5.41, 5.74) is 3.96. The molecule has 5 rings (SSSR count). The van der Waals surface area contributed by atoms with Gasteiger partial charge in [0.25, 0.3) is 5.56 Å². The molecule has 1 atom stereocenters. The van der Waals surface area contributed by atoms with E-state index in [1.54, 1.807) is 6.07 Å². The van der Waals surface area contributed by atoms with Crippen molar-refractivity contribution in [3.05, 3.63) is 86.8 Å². The molecule has 0 amide bonds. The van der Waals surface area contributed by atoms with E-state index in [9.17, 15) is 9.18 Å². The minimum Gasteiger partial charge on any atom is -0.371 e. The summed E-state index contributed by atoms with van der Waals surface area (Å²) in [6.07, 6.45) is 5.00. The maximum atomic E-state index is 14.0. The highest BCUT2D eigenvalue weighted by Gasteiger charge is 2.36. The number of fused-ring (bicyclic) bond motifs is 3. The molecule has 0 aliphatic carbocycles. The fraction of sp³-hybridized carbons (Fsp3) is 0.292. The third-order valence-electron chi connectivity index (χ3n) is 6.20. The van der Waals surface area contributed by atoms with Crippen LogP contribution in [0.4, 0.5) is 10.1 Å². The Hall–Kier alpha value is -2.79. The normalized spacial score (nSPS) is 17.8. The number of pyridine rings is 1. The first-order chi connectivity index (χ1) is 14.5. The summed E-state index contributed by atoms with van der Waals surface area (Å²) in [6, 6.07) is 13.5. The molecule has 1 fully saturated rings. The standard InChI is InChI=1S/C24H23ClFN3O/c1-15-4-9-22(26)23-21(15)11-17(27-24(23)30)3-2-10-28-13-20-12-19(28)14-29(20)18-7-5-16(25)6-8-18/h4-9,11,13,19H,2-3,10,12,14H2,1H3,(H,27,30). The summed E-state index contributed by atoms with van der Waals surface area (Å²) in [7, 11) is 0. The lowest BCUT2D eigenvalue weighted by Crippen LogP contribution is -2.36. The molecule has 1 saturated heterocycles. The number of hydrogen-bond acceptors (Lipinski definition) is 3. The number of benzene rings is 2. The predicted octanol–water partition coefficient (Wildman–Crippen LogP) is 5.00. The fourth-order valence-corrected chi connectivity index (χ4v) is 4.77. The van der Waals surface area contributed by atoms with Crippen LogP contribution in [0.2, 0.25) is 5.02 Å². The zero-order valence-corrected chi connectivity index (χ0v) is 17.5. The van der Waals surface area contributed by atoms with Crippen molar-refractivity contribution in [1.82, 2.24) is 9.88 Å². The van der Waals surface area contributed by atoms with Crippen LogP contribution in [0.5, 0.6) is 0 Å². The van der Waals surface area contributed by atoms with Crippen LogP contribution in [0.3, 0.4) is 0 Å². The van der Waals surface area contributed by atoms with Gasteiger partial charge in [0.2, 0.25) is 0 Å². The molecule has 154 valence electrons. The summed E-state index contributed by atoms with van der Waals surface area (Å²) < 4.78 is 14.0. The average molecular weight is 424 g/mol. The number of aromatic amines is 1. The van der Waals surface area contributed by atoms with Crippen LogP contribution in [-0.2, 0) is 6.42 Å². The number of aromatic nitrogens is 1. The van der Waals surface area contributed by atoms with Crippen LogP contribution in [0.1, 0.15) is 24.1 Å². The van der Waals surface area contributed by atoms with E-state index in [1.165, 1.54) is 17.5 Å². The third-order valence-corrected chi connectivity index (χ3v) is 6.45. The van der Waals surface area contributed by atoms with Crippen LogP contribution in [0.15, 0.2) is 59.2 Å². The molecule has 1 unspecified atom stereocenters. The van der Waals surface area contributed by atoms with Gasteiger partial charge in [0.05, 0.1) is 11.4 Å². The highest BCUT2D eigenvalue weighted by Crippen LogP contribution is 2.37. The van der Waals surface area contributed by atoms with Gasteiger partial charge >= 0.3 is 0 Å². The second-order valence-electron chi connectivity index (χ2n) is 8.18. The lowest BCUT2D eigenvalue weighted by Gasteiger charge is -2.31. The number of rotatable bonds is 5. The molecular formula is C24H23ClFN3O. The van der Waals surface area contributed by atoms with E-state index >= 15 is 0 Å². The van der Waals surface area contributed by atoms with Crippen molar-refractivity contribution in [2.75, 3.05) is 18.0 Å². The Morgan fingerprint density at radius 2 is 2.00 bits per heavy atom. The lowest BCUT2D eigenvalue weighted by atomic mass is 10.0. The Balaban J connectivity index is 1.25. The van der Waals surface area contributed by atoms with Crippen molar-refractivity contribution in [2.24, 2.45) is 0 Å². The SMILES string of the molecule is Cc1ccc(F)c2c(=O)[nH]c(CCCN3C=C4CC3CN4c3ccc(Cl)cc3)cc12. The minimum atomic E-state index is -0.464. The van der Waals surface area contributed by atoms with Crippen LogP contribution in [0.25, 0.3) is 10.8 Å². The van der Waals surface area contributed by atoms with Crippen molar-refractivity contribution in [3.8, 4) is 0 Å². The molecule has 3 aromatic rings. The summed E-state index contributed by atoms with van der Waals surface area (Å²) in [6.45, 7) is 3.83. The Kier molecular flexibility index (Phi) is 4.78. The Morgan fingerprint density at radius 1 is 1.20 bits per heavy atom. The highest BCUT2D eigenvalue weighted by atomic mass is 35.5. The Morgan fingerprint density at radius 3 is 2.73 bits per heavy atom. The number of aryl methyl sites for hydroxylation is 2. The largest absolute Gasteiger partial charge is 0.371 e. The number of halogens is 2. The second kappa shape index (κ2) is 7.47. The molecule has 0 saturated carbocycles. The average Bonchev–Trinajstić information content (AvgIpc) is 3.32. The van der Waals surface area contributed by atoms with E-state index in [-0.39, 0.29) is 10.9 Å². The van der Waals surface area contributed by atoms with Crippen LogP contribution in [0, 0.1) is 12.7 Å². The van der Waals surface area contributed by atoms with Crippen LogP contribution in [-0.4, -0.2) is 29.0 Å². The first-order valence-corrected chi connectivity index (χ1v) is 10.7. The minimum absolute atomic E-state index is 0.155. The summed E-state index contributed by atoms with van der Waals surface area (Å²) in [4.78, 5) is 20.0. The number of anilines is 1. The van der Waals surface area contributed by atoms with Gasteiger partial charge in [-0.25, -0.2) is 4.39 Å². The van der Waals surface area contributed by atoms with Gasteiger partial charge in [-0.2, -0.15) is 0 Å². The van der Waals surface area contributed by atoms with E-state index in [0.717, 1.165) is 48.6 Å². The molecule has 2 aliphatic rings. The smallest absolute Gasteiger partial charge is 0.259 e. The third kappa shape index (κ3) is 3.37. The van der Waals surface area contributed by atoms with Gasteiger partial charge in [0.15, 0.2) is 0 Å². The maximum Gasteiger partial charge on any atom is 0.259 e. The van der Waals surface area contributed by atoms with E-state index in [0.29, 0.717) is 11.4 Å². The Labute approximate surface area is 179 Å². The molecule has 0 spiro atoms. The molecule has 1 N–H and O–H groups in total. The van der Waals surface area contributed by atoms with Crippen molar-refractivity contribution in [2.45, 2.75) is 32.2 Å². The van der Waals surface area contributed by atoms with E-state index in [4.69, 9.17) is 11.6 Å². The summed E-state index contributed by atoms with van der Waals surface area (Å²) in [5.74, 6) is -0.464. The van der Waals surface area contributed by atoms with Crippen molar-refractivity contribution in [1.29, 1.82) is 0 Å². The summed E-state index contributed by atoms with van der Waals surface area (Å²) in [5, 5.41) is 1.61. The van der Waals surface area contributed by atoms with Gasteiger partial charge in [0, 0.05) is 47.8 Å². The van der Waals surface area contributed by atoms with Crippen LogP contribution < -0.4 is 10.5 Å². The molecule has 1 aromatic heterocycles. The van der Waals surface area contributed by atoms with Gasteiger partial charge in [-0.05, 0) is 67.1 Å². The monoisotopic (exact) mass is 423 g/mol. The molecule has 0 radical (unpaired) electrons.